The molecule has 0 aliphatic heterocycles. The van der Waals surface area contributed by atoms with Gasteiger partial charge in [-0.05, 0) is 25.1 Å². The van der Waals surface area contributed by atoms with Gasteiger partial charge in [0.1, 0.15) is 11.0 Å². The van der Waals surface area contributed by atoms with Crippen molar-refractivity contribution in [3.63, 3.8) is 0 Å². The summed E-state index contributed by atoms with van der Waals surface area (Å²) in [6, 6.07) is 7.73. The summed E-state index contributed by atoms with van der Waals surface area (Å²) in [5, 5.41) is 9.39. The standard InChI is InChI=1S/C11H12BrN3O/c1-2-16-11(7-8-12)15-13-9-5-3-4-6-10(9)14-15/h3-7H,2,8H2,1H3/b11-7+. The lowest BCUT2D eigenvalue weighted by molar-refractivity contribution is 0.265. The molecular weight excluding hydrogens is 270 g/mol. The normalized spacial score (nSPS) is 12.0. The minimum Gasteiger partial charge on any atom is -0.477 e. The van der Waals surface area contributed by atoms with Crippen molar-refractivity contribution in [3.8, 4) is 0 Å². The number of fused-ring (bicyclic) bond motifs is 1. The summed E-state index contributed by atoms with van der Waals surface area (Å²) < 4.78 is 5.47. The van der Waals surface area contributed by atoms with Gasteiger partial charge in [-0.25, -0.2) is 0 Å². The number of hydrogen-bond acceptors (Lipinski definition) is 3. The minimum atomic E-state index is 0.594. The van der Waals surface area contributed by atoms with E-state index in [2.05, 4.69) is 26.1 Å². The highest BCUT2D eigenvalue weighted by Gasteiger charge is 2.06. The van der Waals surface area contributed by atoms with Gasteiger partial charge in [0.15, 0.2) is 0 Å². The fraction of sp³-hybridized carbons (Fsp3) is 0.273. The molecule has 0 fully saturated rings. The summed E-state index contributed by atoms with van der Waals surface area (Å²) in [4.78, 5) is 1.52. The molecule has 1 aromatic carbocycles. The summed E-state index contributed by atoms with van der Waals surface area (Å²) in [6.45, 7) is 2.53. The van der Waals surface area contributed by atoms with E-state index in [1.165, 1.54) is 4.80 Å². The van der Waals surface area contributed by atoms with Gasteiger partial charge in [-0.2, -0.15) is 0 Å². The topological polar surface area (TPSA) is 39.9 Å². The van der Waals surface area contributed by atoms with Crippen LogP contribution in [0, 0.1) is 0 Å². The second kappa shape index (κ2) is 5.12. The molecule has 0 spiro atoms. The van der Waals surface area contributed by atoms with Gasteiger partial charge in [-0.15, -0.1) is 15.0 Å². The second-order valence-corrected chi connectivity index (χ2v) is 3.76. The molecule has 2 rings (SSSR count). The van der Waals surface area contributed by atoms with E-state index in [0.717, 1.165) is 11.0 Å². The zero-order valence-corrected chi connectivity index (χ0v) is 10.5. The molecule has 0 amide bonds. The Hall–Kier alpha value is -1.36. The van der Waals surface area contributed by atoms with Crippen molar-refractivity contribution in [1.29, 1.82) is 0 Å². The Morgan fingerprint density at radius 3 is 2.50 bits per heavy atom. The van der Waals surface area contributed by atoms with E-state index in [0.29, 0.717) is 17.8 Å². The number of nitrogens with zero attached hydrogens (tertiary/aromatic N) is 3. The molecule has 1 aromatic heterocycles. The zero-order valence-electron chi connectivity index (χ0n) is 8.93. The van der Waals surface area contributed by atoms with Gasteiger partial charge in [0.2, 0.25) is 5.88 Å². The van der Waals surface area contributed by atoms with E-state index in [1.54, 1.807) is 0 Å². The molecule has 0 N–H and O–H groups in total. The van der Waals surface area contributed by atoms with Crippen LogP contribution in [0.3, 0.4) is 0 Å². The van der Waals surface area contributed by atoms with E-state index in [1.807, 2.05) is 37.3 Å². The molecule has 0 unspecified atom stereocenters. The highest BCUT2D eigenvalue weighted by Crippen LogP contribution is 2.11. The van der Waals surface area contributed by atoms with Crippen LogP contribution in [-0.4, -0.2) is 26.9 Å². The Kier molecular flexibility index (Phi) is 3.56. The molecule has 84 valence electrons. The van der Waals surface area contributed by atoms with Crippen molar-refractivity contribution in [2.24, 2.45) is 0 Å². The van der Waals surface area contributed by atoms with E-state index >= 15 is 0 Å². The molecule has 0 radical (unpaired) electrons. The Bertz CT molecular complexity index is 474. The molecule has 2 aromatic rings. The molecule has 1 heterocycles. The quantitative estimate of drug-likeness (QED) is 0.639. The monoisotopic (exact) mass is 281 g/mol. The van der Waals surface area contributed by atoms with Crippen LogP contribution in [0.15, 0.2) is 30.3 Å². The van der Waals surface area contributed by atoms with Gasteiger partial charge in [-0.1, -0.05) is 28.1 Å². The summed E-state index contributed by atoms with van der Waals surface area (Å²) >= 11 is 3.34. The summed E-state index contributed by atoms with van der Waals surface area (Å²) in [5.41, 5.74) is 1.73. The van der Waals surface area contributed by atoms with Gasteiger partial charge >= 0.3 is 0 Å². The minimum absolute atomic E-state index is 0.594. The number of allylic oxidation sites excluding steroid dienone is 1. The van der Waals surface area contributed by atoms with E-state index in [9.17, 15) is 0 Å². The summed E-state index contributed by atoms with van der Waals surface area (Å²) in [5.74, 6) is 0.649. The predicted octanol–water partition coefficient (Wildman–Crippen LogP) is 2.66. The highest BCUT2D eigenvalue weighted by molar-refractivity contribution is 9.09. The second-order valence-electron chi connectivity index (χ2n) is 3.11. The fourth-order valence-electron chi connectivity index (χ4n) is 1.37. The third-order valence-electron chi connectivity index (χ3n) is 2.03. The van der Waals surface area contributed by atoms with Crippen molar-refractivity contribution in [3.05, 3.63) is 30.3 Å². The van der Waals surface area contributed by atoms with Crippen LogP contribution in [0.5, 0.6) is 0 Å². The third kappa shape index (κ3) is 2.24. The van der Waals surface area contributed by atoms with Crippen molar-refractivity contribution in [1.82, 2.24) is 15.0 Å². The summed E-state index contributed by atoms with van der Waals surface area (Å²) in [7, 11) is 0. The molecule has 0 saturated carbocycles. The average molecular weight is 282 g/mol. The third-order valence-corrected chi connectivity index (χ3v) is 2.35. The van der Waals surface area contributed by atoms with Gasteiger partial charge in [-0.3, -0.25) is 0 Å². The smallest absolute Gasteiger partial charge is 0.229 e. The summed E-state index contributed by atoms with van der Waals surface area (Å²) in [6.07, 6.45) is 1.89. The van der Waals surface area contributed by atoms with Crippen molar-refractivity contribution in [2.45, 2.75) is 6.92 Å². The first-order chi connectivity index (χ1) is 7.85. The molecule has 0 saturated heterocycles. The first-order valence-corrected chi connectivity index (χ1v) is 6.18. The van der Waals surface area contributed by atoms with Crippen LogP contribution in [0.4, 0.5) is 0 Å². The van der Waals surface area contributed by atoms with Crippen LogP contribution in [-0.2, 0) is 4.74 Å². The molecule has 0 aliphatic carbocycles. The maximum Gasteiger partial charge on any atom is 0.229 e. The number of benzene rings is 1. The van der Waals surface area contributed by atoms with Crippen molar-refractivity contribution >= 4 is 32.8 Å². The van der Waals surface area contributed by atoms with Crippen LogP contribution in [0.25, 0.3) is 16.9 Å². The van der Waals surface area contributed by atoms with Crippen LogP contribution >= 0.6 is 15.9 Å². The van der Waals surface area contributed by atoms with Crippen LogP contribution < -0.4 is 0 Å². The molecule has 4 nitrogen and oxygen atoms in total. The lowest BCUT2D eigenvalue weighted by atomic mass is 10.3. The SMILES string of the molecule is CCO/C(=C/CBr)n1nc2ccccc2n1. The highest BCUT2D eigenvalue weighted by atomic mass is 79.9. The van der Waals surface area contributed by atoms with E-state index < -0.39 is 0 Å². The van der Waals surface area contributed by atoms with E-state index in [4.69, 9.17) is 4.74 Å². The lowest BCUT2D eigenvalue weighted by Gasteiger charge is -2.05. The number of halogens is 1. The Morgan fingerprint density at radius 1 is 1.38 bits per heavy atom. The maximum atomic E-state index is 5.47. The average Bonchev–Trinajstić information content (AvgIpc) is 2.72. The molecule has 0 atom stereocenters. The molecule has 0 bridgehead atoms. The van der Waals surface area contributed by atoms with Gasteiger partial charge in [0.25, 0.3) is 0 Å². The number of alkyl halides is 1. The number of rotatable bonds is 4. The first kappa shape index (κ1) is 11.1. The molecule has 16 heavy (non-hydrogen) atoms. The number of ether oxygens (including phenoxy) is 1. The van der Waals surface area contributed by atoms with Crippen LogP contribution in [0.1, 0.15) is 6.92 Å². The van der Waals surface area contributed by atoms with E-state index in [-0.39, 0.29) is 0 Å². The molecule has 5 heteroatoms. The largest absolute Gasteiger partial charge is 0.477 e. The molecular formula is C11H12BrN3O. The Morgan fingerprint density at radius 2 is 2.00 bits per heavy atom. The number of aromatic nitrogens is 3. The predicted molar refractivity (Wildman–Crippen MR) is 67.2 cm³/mol. The van der Waals surface area contributed by atoms with Gasteiger partial charge in [0, 0.05) is 5.33 Å². The first-order valence-electron chi connectivity index (χ1n) is 5.06. The van der Waals surface area contributed by atoms with Gasteiger partial charge < -0.3 is 4.74 Å². The fourth-order valence-corrected chi connectivity index (χ4v) is 1.65. The van der Waals surface area contributed by atoms with Crippen LogP contribution in [0.2, 0.25) is 0 Å². The van der Waals surface area contributed by atoms with Crippen molar-refractivity contribution < 1.29 is 4.74 Å². The molecule has 0 aliphatic rings. The maximum absolute atomic E-state index is 5.47. The Labute approximate surface area is 102 Å². The van der Waals surface area contributed by atoms with Crippen molar-refractivity contribution in [2.75, 3.05) is 11.9 Å². The zero-order chi connectivity index (χ0) is 11.4. The lowest BCUT2D eigenvalue weighted by Crippen LogP contribution is -2.05. The number of hydrogen-bond donors (Lipinski definition) is 0. The van der Waals surface area contributed by atoms with Gasteiger partial charge in [0.05, 0.1) is 6.61 Å². The Balaban J connectivity index is 2.41.